The summed E-state index contributed by atoms with van der Waals surface area (Å²) in [6, 6.07) is 12.6. The van der Waals surface area contributed by atoms with E-state index >= 15 is 0 Å². The molecular weight excluding hydrogens is 398 g/mol. The van der Waals surface area contributed by atoms with Crippen molar-refractivity contribution in [1.82, 2.24) is 5.32 Å². The van der Waals surface area contributed by atoms with E-state index in [-0.39, 0.29) is 18.2 Å². The summed E-state index contributed by atoms with van der Waals surface area (Å²) in [5.41, 5.74) is 2.13. The van der Waals surface area contributed by atoms with E-state index in [9.17, 15) is 9.59 Å². The van der Waals surface area contributed by atoms with Gasteiger partial charge in [0.15, 0.2) is 5.17 Å². The topological polar surface area (TPSA) is 79.8 Å². The molecule has 146 valence electrons. The van der Waals surface area contributed by atoms with Gasteiger partial charge in [-0.3, -0.25) is 9.59 Å². The van der Waals surface area contributed by atoms with Crippen LogP contribution in [0.25, 0.3) is 0 Å². The highest BCUT2D eigenvalue weighted by Gasteiger charge is 2.32. The average Bonchev–Trinajstić information content (AvgIpc) is 3.00. The number of halogens is 1. The van der Waals surface area contributed by atoms with E-state index in [1.54, 1.807) is 18.2 Å². The highest BCUT2D eigenvalue weighted by atomic mass is 35.5. The van der Waals surface area contributed by atoms with Gasteiger partial charge in [-0.15, -0.1) is 0 Å². The van der Waals surface area contributed by atoms with E-state index in [1.165, 1.54) is 11.8 Å². The van der Waals surface area contributed by atoms with Crippen molar-refractivity contribution in [3.05, 3.63) is 53.1 Å². The van der Waals surface area contributed by atoms with Crippen molar-refractivity contribution < 1.29 is 14.3 Å². The van der Waals surface area contributed by atoms with Gasteiger partial charge in [0.25, 0.3) is 0 Å². The molecule has 2 aromatic rings. The third-order valence-corrected chi connectivity index (χ3v) is 5.56. The molecule has 1 fully saturated rings. The molecule has 28 heavy (non-hydrogen) atoms. The summed E-state index contributed by atoms with van der Waals surface area (Å²) in [5.74, 6) is 0.286. The van der Waals surface area contributed by atoms with Gasteiger partial charge < -0.3 is 15.4 Å². The molecule has 0 aliphatic carbocycles. The van der Waals surface area contributed by atoms with Crippen LogP contribution in [0.4, 0.5) is 11.4 Å². The Kier molecular flexibility index (Phi) is 6.59. The van der Waals surface area contributed by atoms with E-state index in [4.69, 9.17) is 16.3 Å². The standard InChI is InChI=1S/C20H20ClN3O3S/c1-3-27-14-9-7-13(8-10-14)22-20-24-19(26)17(28-20)11-18(25)23-16-6-4-5-15(21)12(16)2/h4-10,17H,3,11H2,1-2H3,(H,23,25)(H,22,24,26)/t17-/m0/s1. The van der Waals surface area contributed by atoms with Gasteiger partial charge in [-0.1, -0.05) is 29.4 Å². The Hall–Kier alpha value is -2.51. The predicted molar refractivity (Wildman–Crippen MR) is 114 cm³/mol. The number of anilines is 1. The molecule has 0 spiro atoms. The van der Waals surface area contributed by atoms with Gasteiger partial charge in [-0.05, 0) is 55.8 Å². The Morgan fingerprint density at radius 3 is 2.75 bits per heavy atom. The molecule has 1 atom stereocenters. The maximum Gasteiger partial charge on any atom is 0.240 e. The van der Waals surface area contributed by atoms with E-state index in [0.29, 0.717) is 28.2 Å². The van der Waals surface area contributed by atoms with Crippen LogP contribution in [0.5, 0.6) is 5.75 Å². The molecule has 1 aliphatic heterocycles. The Morgan fingerprint density at radius 1 is 1.29 bits per heavy atom. The quantitative estimate of drug-likeness (QED) is 0.734. The molecule has 8 heteroatoms. The smallest absolute Gasteiger partial charge is 0.240 e. The first-order valence-electron chi connectivity index (χ1n) is 8.80. The van der Waals surface area contributed by atoms with Crippen molar-refractivity contribution in [2.75, 3.05) is 11.9 Å². The van der Waals surface area contributed by atoms with Crippen molar-refractivity contribution in [2.45, 2.75) is 25.5 Å². The van der Waals surface area contributed by atoms with Gasteiger partial charge in [0.1, 0.15) is 11.0 Å². The summed E-state index contributed by atoms with van der Waals surface area (Å²) < 4.78 is 5.40. The number of nitrogens with zero attached hydrogens (tertiary/aromatic N) is 1. The molecule has 0 unspecified atom stereocenters. The Bertz CT molecular complexity index is 915. The van der Waals surface area contributed by atoms with Gasteiger partial charge in [-0.2, -0.15) is 0 Å². The number of rotatable bonds is 6. The number of carbonyl (C=O) groups is 2. The van der Waals surface area contributed by atoms with Crippen molar-refractivity contribution in [1.29, 1.82) is 0 Å². The van der Waals surface area contributed by atoms with E-state index in [1.807, 2.05) is 38.1 Å². The van der Waals surface area contributed by atoms with Crippen LogP contribution >= 0.6 is 23.4 Å². The Morgan fingerprint density at radius 2 is 2.04 bits per heavy atom. The van der Waals surface area contributed by atoms with Gasteiger partial charge in [0.05, 0.1) is 12.3 Å². The average molecular weight is 418 g/mol. The molecule has 2 amide bonds. The second-order valence-corrected chi connectivity index (χ2v) is 7.70. The lowest BCUT2D eigenvalue weighted by Gasteiger charge is -2.10. The molecule has 0 radical (unpaired) electrons. The normalized spacial score (nSPS) is 17.5. The van der Waals surface area contributed by atoms with Crippen molar-refractivity contribution in [2.24, 2.45) is 4.99 Å². The zero-order valence-electron chi connectivity index (χ0n) is 15.5. The maximum absolute atomic E-state index is 12.3. The predicted octanol–water partition coefficient (Wildman–Crippen LogP) is 4.30. The number of nitrogens with one attached hydrogen (secondary N) is 2. The van der Waals surface area contributed by atoms with Crippen LogP contribution in [-0.2, 0) is 9.59 Å². The minimum absolute atomic E-state index is 0.0464. The van der Waals surface area contributed by atoms with Crippen LogP contribution in [-0.4, -0.2) is 28.8 Å². The zero-order valence-corrected chi connectivity index (χ0v) is 17.1. The minimum atomic E-state index is -0.527. The number of benzene rings is 2. The van der Waals surface area contributed by atoms with Crippen molar-refractivity contribution in [3.63, 3.8) is 0 Å². The second-order valence-electron chi connectivity index (χ2n) is 6.10. The van der Waals surface area contributed by atoms with Crippen LogP contribution in [0.1, 0.15) is 18.9 Å². The number of amidine groups is 1. The second kappa shape index (κ2) is 9.12. The molecule has 1 heterocycles. The Labute approximate surface area is 172 Å². The van der Waals surface area contributed by atoms with Crippen molar-refractivity contribution >= 4 is 51.7 Å². The molecule has 6 nitrogen and oxygen atoms in total. The summed E-state index contributed by atoms with van der Waals surface area (Å²) >= 11 is 7.32. The molecule has 0 saturated carbocycles. The SMILES string of the molecule is CCOc1ccc(N=C2NC(=O)[C@H](CC(=O)Nc3cccc(Cl)c3C)S2)cc1. The maximum atomic E-state index is 12.3. The molecule has 0 bridgehead atoms. The molecule has 1 saturated heterocycles. The molecule has 3 rings (SSSR count). The van der Waals surface area contributed by atoms with Crippen LogP contribution in [0.2, 0.25) is 5.02 Å². The molecule has 0 aromatic heterocycles. The summed E-state index contributed by atoms with van der Waals surface area (Å²) in [7, 11) is 0. The van der Waals surface area contributed by atoms with E-state index < -0.39 is 5.25 Å². The van der Waals surface area contributed by atoms with E-state index in [0.717, 1.165) is 11.3 Å². The van der Waals surface area contributed by atoms with Crippen LogP contribution in [0.3, 0.4) is 0 Å². The van der Waals surface area contributed by atoms with Crippen molar-refractivity contribution in [3.8, 4) is 5.75 Å². The third kappa shape index (κ3) is 5.05. The highest BCUT2D eigenvalue weighted by molar-refractivity contribution is 8.15. The lowest BCUT2D eigenvalue weighted by atomic mass is 10.2. The number of carbonyl (C=O) groups excluding carboxylic acids is 2. The first kappa shape index (κ1) is 20.2. The van der Waals surface area contributed by atoms with Crippen LogP contribution in [0.15, 0.2) is 47.5 Å². The fourth-order valence-electron chi connectivity index (χ4n) is 2.61. The summed E-state index contributed by atoms with van der Waals surface area (Å²) in [6.07, 6.45) is 0.0464. The molecule has 2 aromatic carbocycles. The summed E-state index contributed by atoms with van der Waals surface area (Å²) in [4.78, 5) is 28.9. The largest absolute Gasteiger partial charge is 0.494 e. The number of thioether (sulfide) groups is 1. The monoisotopic (exact) mass is 417 g/mol. The number of aliphatic imine (C=N–C) groups is 1. The summed E-state index contributed by atoms with van der Waals surface area (Å²) in [5, 5.41) is 6.06. The minimum Gasteiger partial charge on any atom is -0.494 e. The molecule has 1 aliphatic rings. The molecular formula is C20H20ClN3O3S. The first-order valence-corrected chi connectivity index (χ1v) is 10.1. The Balaban J connectivity index is 1.61. The van der Waals surface area contributed by atoms with E-state index in [2.05, 4.69) is 15.6 Å². The number of hydrogen-bond donors (Lipinski definition) is 2. The fraction of sp³-hybridized carbons (Fsp3) is 0.250. The lowest BCUT2D eigenvalue weighted by molar-refractivity contribution is -0.122. The number of hydrogen-bond acceptors (Lipinski definition) is 5. The van der Waals surface area contributed by atoms with Gasteiger partial charge in [-0.25, -0.2) is 4.99 Å². The summed E-state index contributed by atoms with van der Waals surface area (Å²) in [6.45, 7) is 4.34. The lowest BCUT2D eigenvalue weighted by Crippen LogP contribution is -2.28. The number of ether oxygens (including phenoxy) is 1. The van der Waals surface area contributed by atoms with Gasteiger partial charge >= 0.3 is 0 Å². The fourth-order valence-corrected chi connectivity index (χ4v) is 3.77. The van der Waals surface area contributed by atoms with Gasteiger partial charge in [0, 0.05) is 17.1 Å². The first-order chi connectivity index (χ1) is 13.5. The van der Waals surface area contributed by atoms with Crippen LogP contribution < -0.4 is 15.4 Å². The van der Waals surface area contributed by atoms with Crippen LogP contribution in [0, 0.1) is 6.92 Å². The molecule has 2 N–H and O–H groups in total. The highest BCUT2D eigenvalue weighted by Crippen LogP contribution is 2.27. The van der Waals surface area contributed by atoms with Gasteiger partial charge in [0.2, 0.25) is 11.8 Å². The number of amides is 2. The zero-order chi connectivity index (χ0) is 20.1. The third-order valence-electron chi connectivity index (χ3n) is 4.07.